The minimum Gasteiger partial charge on any atom is -0.356 e. The fourth-order valence-corrected chi connectivity index (χ4v) is 2.81. The summed E-state index contributed by atoms with van der Waals surface area (Å²) in [5.74, 6) is 0.704. The molecule has 0 aliphatic rings. The monoisotopic (exact) mass is 320 g/mol. The molecule has 0 fully saturated rings. The average molecular weight is 320 g/mol. The van der Waals surface area contributed by atoms with E-state index in [-0.39, 0.29) is 12.3 Å². The van der Waals surface area contributed by atoms with Crippen molar-refractivity contribution in [2.24, 2.45) is 7.05 Å². The first-order valence-corrected chi connectivity index (χ1v) is 7.72. The summed E-state index contributed by atoms with van der Waals surface area (Å²) in [5.41, 5.74) is 3.31. The van der Waals surface area contributed by atoms with Crippen LogP contribution in [-0.2, 0) is 24.8 Å². The topological polar surface area (TPSA) is 73.0 Å². The zero-order valence-corrected chi connectivity index (χ0v) is 13.2. The van der Waals surface area contributed by atoms with Crippen molar-refractivity contribution in [3.8, 4) is 0 Å². The number of rotatable bonds is 4. The molecule has 0 saturated carbocycles. The quantitative estimate of drug-likeness (QED) is 0.627. The minimum atomic E-state index is -0.110. The van der Waals surface area contributed by atoms with Crippen molar-refractivity contribution in [3.05, 3.63) is 60.0 Å². The highest BCUT2D eigenvalue weighted by molar-refractivity contribution is 5.86. The smallest absolute Gasteiger partial charge is 0.226 e. The maximum atomic E-state index is 12.2. The molecule has 0 radical (unpaired) electrons. The molecular weight excluding hydrogens is 304 g/mol. The normalized spacial score (nSPS) is 11.2. The second kappa shape index (κ2) is 5.81. The number of aryl methyl sites for hydroxylation is 1. The lowest BCUT2D eigenvalue weighted by molar-refractivity contribution is -0.120. The molecule has 0 spiro atoms. The Kier molecular flexibility index (Phi) is 3.49. The molecule has 4 aromatic rings. The number of hydrogen-bond donors (Lipinski definition) is 1. The Morgan fingerprint density at radius 3 is 2.83 bits per heavy atom. The zero-order valence-electron chi connectivity index (χ0n) is 13.2. The molecule has 2 aromatic heterocycles. The van der Waals surface area contributed by atoms with Gasteiger partial charge < -0.3 is 14.4 Å². The molecule has 24 heavy (non-hydrogen) atoms. The van der Waals surface area contributed by atoms with E-state index >= 15 is 0 Å². The molecule has 4 rings (SSSR count). The molecule has 0 atom stereocenters. The molecule has 0 aliphatic carbocycles. The van der Waals surface area contributed by atoms with E-state index < -0.39 is 0 Å². The van der Waals surface area contributed by atoms with E-state index in [0.29, 0.717) is 17.8 Å². The van der Waals surface area contributed by atoms with Crippen molar-refractivity contribution in [2.75, 3.05) is 0 Å². The largest absolute Gasteiger partial charge is 0.356 e. The number of nitrogens with one attached hydrogen (secondary N) is 1. The summed E-state index contributed by atoms with van der Waals surface area (Å²) in [7, 11) is 1.95. The Bertz CT molecular complexity index is 1030. The number of nitrogens with zero attached hydrogens (tertiary/aromatic N) is 3. The van der Waals surface area contributed by atoms with Crippen LogP contribution >= 0.6 is 0 Å². The lowest BCUT2D eigenvalue weighted by Crippen LogP contribution is -2.26. The first-order valence-electron chi connectivity index (χ1n) is 7.72. The minimum absolute atomic E-state index is 0.110. The van der Waals surface area contributed by atoms with Gasteiger partial charge in [0.05, 0.1) is 24.0 Å². The Balaban J connectivity index is 1.47. The van der Waals surface area contributed by atoms with Crippen molar-refractivity contribution in [1.29, 1.82) is 0 Å². The van der Waals surface area contributed by atoms with Gasteiger partial charge in [-0.2, -0.15) is 0 Å². The second-order valence-electron chi connectivity index (χ2n) is 5.65. The van der Waals surface area contributed by atoms with Gasteiger partial charge in [0.15, 0.2) is 5.58 Å². The van der Waals surface area contributed by atoms with Crippen LogP contribution in [0.15, 0.2) is 53.1 Å². The Morgan fingerprint density at radius 2 is 1.96 bits per heavy atom. The molecule has 2 heterocycles. The number of carbonyl (C=O) groups is 1. The lowest BCUT2D eigenvalue weighted by Gasteiger charge is -2.04. The van der Waals surface area contributed by atoms with Gasteiger partial charge in [0, 0.05) is 12.4 Å². The summed E-state index contributed by atoms with van der Waals surface area (Å²) >= 11 is 0. The first kappa shape index (κ1) is 14.4. The van der Waals surface area contributed by atoms with Crippen LogP contribution in [0.2, 0.25) is 0 Å². The highest BCUT2D eigenvalue weighted by Crippen LogP contribution is 2.18. The van der Waals surface area contributed by atoms with Gasteiger partial charge in [0.1, 0.15) is 11.5 Å². The zero-order chi connectivity index (χ0) is 16.5. The summed E-state index contributed by atoms with van der Waals surface area (Å²) in [6.45, 7) is 0.375. The molecule has 6 nitrogen and oxygen atoms in total. The molecule has 0 saturated heterocycles. The molecule has 6 heteroatoms. The molecule has 0 unspecified atom stereocenters. The van der Waals surface area contributed by atoms with Crippen molar-refractivity contribution in [1.82, 2.24) is 20.0 Å². The number of fused-ring (bicyclic) bond motifs is 2. The Morgan fingerprint density at radius 1 is 1.17 bits per heavy atom. The van der Waals surface area contributed by atoms with Crippen molar-refractivity contribution >= 4 is 27.9 Å². The van der Waals surface area contributed by atoms with E-state index in [0.717, 1.165) is 22.2 Å². The molecule has 0 bridgehead atoms. The van der Waals surface area contributed by atoms with E-state index in [2.05, 4.69) is 15.5 Å². The van der Waals surface area contributed by atoms with Crippen molar-refractivity contribution in [2.45, 2.75) is 13.0 Å². The van der Waals surface area contributed by atoms with Crippen LogP contribution in [0.4, 0.5) is 0 Å². The van der Waals surface area contributed by atoms with Crippen LogP contribution in [0.1, 0.15) is 11.5 Å². The maximum absolute atomic E-state index is 12.2. The molecule has 1 N–H and O–H groups in total. The lowest BCUT2D eigenvalue weighted by atomic mass is 10.1. The number of carbonyl (C=O) groups excluding carboxylic acids is 1. The van der Waals surface area contributed by atoms with Crippen LogP contribution in [-0.4, -0.2) is 20.6 Å². The van der Waals surface area contributed by atoms with E-state index in [1.54, 1.807) is 0 Å². The number of amides is 1. The summed E-state index contributed by atoms with van der Waals surface area (Å²) < 4.78 is 7.21. The van der Waals surface area contributed by atoms with Crippen LogP contribution in [0.3, 0.4) is 0 Å². The number of aromatic nitrogens is 3. The molecule has 1 amide bonds. The van der Waals surface area contributed by atoms with E-state index in [4.69, 9.17) is 4.52 Å². The predicted molar refractivity (Wildman–Crippen MR) is 90.3 cm³/mol. The third-order valence-electron chi connectivity index (χ3n) is 4.10. The predicted octanol–water partition coefficient (Wildman–Crippen LogP) is 2.57. The van der Waals surface area contributed by atoms with Gasteiger partial charge >= 0.3 is 0 Å². The van der Waals surface area contributed by atoms with Gasteiger partial charge in [-0.05, 0) is 24.3 Å². The summed E-state index contributed by atoms with van der Waals surface area (Å²) in [6.07, 6.45) is 0.182. The van der Waals surface area contributed by atoms with Gasteiger partial charge in [0.2, 0.25) is 5.91 Å². The van der Waals surface area contributed by atoms with E-state index in [1.165, 1.54) is 0 Å². The third kappa shape index (κ3) is 2.52. The fraction of sp³-hybridized carbons (Fsp3) is 0.167. The van der Waals surface area contributed by atoms with Gasteiger partial charge in [0.25, 0.3) is 0 Å². The standard InChI is InChI=1S/C18H16N4O2/c1-22-15-8-4-3-7-13(15)20-17(22)11-19-18(23)10-14-12-6-2-5-9-16(12)24-21-14/h2-9H,10-11H2,1H3,(H,19,23). The molecular formula is C18H16N4O2. The van der Waals surface area contributed by atoms with Gasteiger partial charge in [-0.15, -0.1) is 0 Å². The number of para-hydroxylation sites is 3. The van der Waals surface area contributed by atoms with Crippen molar-refractivity contribution < 1.29 is 9.32 Å². The van der Waals surface area contributed by atoms with Crippen LogP contribution in [0.5, 0.6) is 0 Å². The summed E-state index contributed by atoms with van der Waals surface area (Å²) in [4.78, 5) is 16.8. The number of imidazole rings is 1. The Hall–Kier alpha value is -3.15. The van der Waals surface area contributed by atoms with Crippen molar-refractivity contribution in [3.63, 3.8) is 0 Å². The van der Waals surface area contributed by atoms with E-state index in [1.807, 2.05) is 60.1 Å². The van der Waals surface area contributed by atoms with Crippen LogP contribution < -0.4 is 5.32 Å². The van der Waals surface area contributed by atoms with E-state index in [9.17, 15) is 4.79 Å². The molecule has 2 aromatic carbocycles. The number of benzene rings is 2. The van der Waals surface area contributed by atoms with Crippen LogP contribution in [0, 0.1) is 0 Å². The van der Waals surface area contributed by atoms with Gasteiger partial charge in [-0.25, -0.2) is 4.98 Å². The maximum Gasteiger partial charge on any atom is 0.226 e. The number of hydrogen-bond acceptors (Lipinski definition) is 4. The Labute approximate surface area is 138 Å². The molecule has 120 valence electrons. The van der Waals surface area contributed by atoms with Crippen LogP contribution in [0.25, 0.3) is 22.0 Å². The first-order chi connectivity index (χ1) is 11.7. The second-order valence-corrected chi connectivity index (χ2v) is 5.65. The summed E-state index contributed by atoms with van der Waals surface area (Å²) in [5, 5.41) is 7.76. The molecule has 0 aliphatic heterocycles. The van der Waals surface area contributed by atoms with Gasteiger partial charge in [-0.1, -0.05) is 29.4 Å². The fourth-order valence-electron chi connectivity index (χ4n) is 2.81. The highest BCUT2D eigenvalue weighted by atomic mass is 16.5. The third-order valence-corrected chi connectivity index (χ3v) is 4.10. The highest BCUT2D eigenvalue weighted by Gasteiger charge is 2.13. The summed E-state index contributed by atoms with van der Waals surface area (Å²) in [6, 6.07) is 15.4. The van der Waals surface area contributed by atoms with Gasteiger partial charge in [-0.3, -0.25) is 4.79 Å². The SMILES string of the molecule is Cn1c(CNC(=O)Cc2noc3ccccc23)nc2ccccc21. The average Bonchev–Trinajstić information content (AvgIpc) is 3.15.